The summed E-state index contributed by atoms with van der Waals surface area (Å²) in [5.41, 5.74) is 1.44. The number of carbonyl (C=O) groups is 1. The van der Waals surface area contributed by atoms with E-state index in [1.807, 2.05) is 18.2 Å². The van der Waals surface area contributed by atoms with Crippen LogP contribution in [-0.4, -0.2) is 21.0 Å². The first-order chi connectivity index (χ1) is 8.27. The number of H-pyrrole nitrogens is 1. The zero-order valence-corrected chi connectivity index (χ0v) is 9.13. The number of hydrogen-bond acceptors (Lipinski definition) is 3. The molecule has 0 fully saturated rings. The summed E-state index contributed by atoms with van der Waals surface area (Å²) in [5, 5.41) is 12.1. The molecule has 0 saturated carbocycles. The Morgan fingerprint density at radius 3 is 2.88 bits per heavy atom. The molecular weight excluding hydrogens is 218 g/mol. The smallest absolute Gasteiger partial charge is 0.326 e. The van der Waals surface area contributed by atoms with Crippen LogP contribution in [0.2, 0.25) is 0 Å². The highest BCUT2D eigenvalue weighted by Gasteiger charge is 2.19. The van der Waals surface area contributed by atoms with Crippen molar-refractivity contribution in [2.75, 3.05) is 0 Å². The molecule has 0 radical (unpaired) electrons. The number of hydrogen-bond donors (Lipinski definition) is 3. The van der Waals surface area contributed by atoms with Crippen LogP contribution < -0.4 is 5.32 Å². The van der Waals surface area contributed by atoms with Gasteiger partial charge in [-0.05, 0) is 24.3 Å². The number of pyridine rings is 1. The molecule has 2 aromatic rings. The summed E-state index contributed by atoms with van der Waals surface area (Å²) in [6.07, 6.45) is 3.38. The van der Waals surface area contributed by atoms with Gasteiger partial charge < -0.3 is 10.1 Å². The van der Waals surface area contributed by atoms with E-state index in [1.165, 1.54) is 0 Å². The predicted molar refractivity (Wildman–Crippen MR) is 62.2 cm³/mol. The first-order valence-electron chi connectivity index (χ1n) is 5.27. The molecular formula is C12H13N3O2. The number of aliphatic carboxylic acids is 1. The van der Waals surface area contributed by atoms with E-state index in [9.17, 15) is 4.79 Å². The zero-order chi connectivity index (χ0) is 12.1. The Hall–Kier alpha value is -2.14. The Morgan fingerprint density at radius 1 is 1.41 bits per heavy atom. The molecule has 0 saturated heterocycles. The lowest BCUT2D eigenvalue weighted by molar-refractivity contribution is -0.139. The van der Waals surface area contributed by atoms with Crippen molar-refractivity contribution in [3.05, 3.63) is 54.1 Å². The van der Waals surface area contributed by atoms with Crippen LogP contribution in [0.4, 0.5) is 0 Å². The van der Waals surface area contributed by atoms with E-state index in [0.717, 1.165) is 5.69 Å². The van der Waals surface area contributed by atoms with Gasteiger partial charge in [-0.25, -0.2) is 0 Å². The van der Waals surface area contributed by atoms with Gasteiger partial charge in [-0.2, -0.15) is 0 Å². The van der Waals surface area contributed by atoms with Crippen LogP contribution in [0.3, 0.4) is 0 Å². The summed E-state index contributed by atoms with van der Waals surface area (Å²) < 4.78 is 0. The van der Waals surface area contributed by atoms with Crippen LogP contribution in [0.5, 0.6) is 0 Å². The molecule has 2 aromatic heterocycles. The predicted octanol–water partition coefficient (Wildman–Crippen LogP) is 1.33. The van der Waals surface area contributed by atoms with E-state index in [-0.39, 0.29) is 0 Å². The summed E-state index contributed by atoms with van der Waals surface area (Å²) in [4.78, 5) is 18.1. The lowest BCUT2D eigenvalue weighted by Crippen LogP contribution is -2.28. The molecule has 2 heterocycles. The molecule has 1 unspecified atom stereocenters. The molecule has 1 atom stereocenters. The summed E-state index contributed by atoms with van der Waals surface area (Å²) in [6, 6.07) is 8.31. The highest BCUT2D eigenvalue weighted by atomic mass is 16.4. The van der Waals surface area contributed by atoms with Crippen molar-refractivity contribution in [1.82, 2.24) is 15.3 Å². The van der Waals surface area contributed by atoms with Crippen LogP contribution in [0.15, 0.2) is 42.7 Å². The lowest BCUT2D eigenvalue weighted by Gasteiger charge is -2.12. The summed E-state index contributed by atoms with van der Waals surface area (Å²) in [7, 11) is 0. The maximum atomic E-state index is 11.1. The quantitative estimate of drug-likeness (QED) is 0.725. The van der Waals surface area contributed by atoms with Crippen LogP contribution in [0, 0.1) is 0 Å². The minimum absolute atomic E-state index is 0.414. The van der Waals surface area contributed by atoms with Crippen molar-refractivity contribution in [1.29, 1.82) is 0 Å². The summed E-state index contributed by atoms with van der Waals surface area (Å²) >= 11 is 0. The molecule has 17 heavy (non-hydrogen) atoms. The number of carboxylic acid groups (broad SMARTS) is 1. The lowest BCUT2D eigenvalue weighted by atomic mass is 10.2. The molecule has 0 aliphatic rings. The van der Waals surface area contributed by atoms with E-state index in [2.05, 4.69) is 15.3 Å². The maximum absolute atomic E-state index is 11.1. The van der Waals surface area contributed by atoms with Crippen molar-refractivity contribution in [3.63, 3.8) is 0 Å². The Balaban J connectivity index is 2.03. The maximum Gasteiger partial charge on any atom is 0.326 e. The van der Waals surface area contributed by atoms with Gasteiger partial charge in [0.05, 0.1) is 5.69 Å². The van der Waals surface area contributed by atoms with E-state index in [1.54, 1.807) is 24.5 Å². The third-order valence-corrected chi connectivity index (χ3v) is 2.39. The van der Waals surface area contributed by atoms with Gasteiger partial charge in [0, 0.05) is 24.6 Å². The second kappa shape index (κ2) is 5.27. The normalized spacial score (nSPS) is 12.2. The number of aromatic amines is 1. The Morgan fingerprint density at radius 2 is 2.29 bits per heavy atom. The monoisotopic (exact) mass is 231 g/mol. The number of carboxylic acids is 1. The van der Waals surface area contributed by atoms with Crippen LogP contribution in [0.25, 0.3) is 0 Å². The summed E-state index contributed by atoms with van der Waals surface area (Å²) in [5.74, 6) is -0.914. The van der Waals surface area contributed by atoms with Gasteiger partial charge in [0.15, 0.2) is 0 Å². The third kappa shape index (κ3) is 2.92. The first-order valence-corrected chi connectivity index (χ1v) is 5.27. The van der Waals surface area contributed by atoms with Crippen molar-refractivity contribution in [2.24, 2.45) is 0 Å². The van der Waals surface area contributed by atoms with E-state index in [0.29, 0.717) is 12.2 Å². The van der Waals surface area contributed by atoms with E-state index >= 15 is 0 Å². The van der Waals surface area contributed by atoms with Crippen LogP contribution >= 0.6 is 0 Å². The van der Waals surface area contributed by atoms with Crippen LogP contribution in [-0.2, 0) is 11.3 Å². The van der Waals surface area contributed by atoms with Gasteiger partial charge >= 0.3 is 5.97 Å². The molecule has 0 amide bonds. The van der Waals surface area contributed by atoms with E-state index in [4.69, 9.17) is 5.11 Å². The average molecular weight is 231 g/mol. The number of nitrogens with one attached hydrogen (secondary N) is 2. The first kappa shape index (κ1) is 11.3. The highest BCUT2D eigenvalue weighted by Crippen LogP contribution is 2.11. The standard InChI is InChI=1S/C12H13N3O2/c16-12(17)11(10-5-3-7-14-10)15-8-9-4-1-2-6-13-9/h1-7,11,14-15H,8H2,(H,16,17). The molecule has 0 aliphatic carbocycles. The molecule has 5 nitrogen and oxygen atoms in total. The third-order valence-electron chi connectivity index (χ3n) is 2.39. The minimum atomic E-state index is -0.914. The Labute approximate surface area is 98.5 Å². The molecule has 88 valence electrons. The molecule has 2 rings (SSSR count). The van der Waals surface area contributed by atoms with Gasteiger partial charge in [0.25, 0.3) is 0 Å². The summed E-state index contributed by atoms with van der Waals surface area (Å²) in [6.45, 7) is 0.414. The zero-order valence-electron chi connectivity index (χ0n) is 9.13. The molecule has 0 bridgehead atoms. The molecule has 5 heteroatoms. The van der Waals surface area contributed by atoms with Crippen molar-refractivity contribution in [3.8, 4) is 0 Å². The fourth-order valence-electron chi connectivity index (χ4n) is 1.56. The second-order valence-electron chi connectivity index (χ2n) is 3.60. The number of nitrogens with zero attached hydrogens (tertiary/aromatic N) is 1. The Bertz CT molecular complexity index is 468. The molecule has 0 aromatic carbocycles. The van der Waals surface area contributed by atoms with Crippen molar-refractivity contribution < 1.29 is 9.90 Å². The Kier molecular flexibility index (Phi) is 3.52. The van der Waals surface area contributed by atoms with Crippen LogP contribution in [0.1, 0.15) is 17.4 Å². The van der Waals surface area contributed by atoms with Crippen molar-refractivity contribution in [2.45, 2.75) is 12.6 Å². The molecule has 0 aliphatic heterocycles. The fourth-order valence-corrected chi connectivity index (χ4v) is 1.56. The molecule has 3 N–H and O–H groups in total. The SMILES string of the molecule is O=C(O)C(NCc1ccccn1)c1ccc[nH]1. The molecule has 0 spiro atoms. The van der Waals surface area contributed by atoms with Gasteiger partial charge in [0.1, 0.15) is 6.04 Å². The van der Waals surface area contributed by atoms with Gasteiger partial charge in [-0.3, -0.25) is 15.1 Å². The fraction of sp³-hybridized carbons (Fsp3) is 0.167. The second-order valence-corrected chi connectivity index (χ2v) is 3.60. The largest absolute Gasteiger partial charge is 0.480 e. The van der Waals surface area contributed by atoms with Crippen molar-refractivity contribution >= 4 is 5.97 Å². The van der Waals surface area contributed by atoms with Gasteiger partial charge in [-0.1, -0.05) is 6.07 Å². The minimum Gasteiger partial charge on any atom is -0.480 e. The number of rotatable bonds is 5. The van der Waals surface area contributed by atoms with E-state index < -0.39 is 12.0 Å². The van der Waals surface area contributed by atoms with Gasteiger partial charge in [0.2, 0.25) is 0 Å². The number of aromatic nitrogens is 2. The topological polar surface area (TPSA) is 78.0 Å². The average Bonchev–Trinajstić information content (AvgIpc) is 2.84. The highest BCUT2D eigenvalue weighted by molar-refractivity contribution is 5.74. The van der Waals surface area contributed by atoms with Gasteiger partial charge in [-0.15, -0.1) is 0 Å².